The van der Waals surface area contributed by atoms with Crippen LogP contribution in [0, 0.1) is 5.41 Å². The van der Waals surface area contributed by atoms with Crippen molar-refractivity contribution in [2.75, 3.05) is 46.5 Å². The standard InChI is InChI=1S/C13H28N2O2/c1-15(7-9-17-10-8-16)12-13(11-14)5-3-2-4-6-13/h16H,2-12,14H2,1H3. The molecule has 1 aliphatic rings. The van der Waals surface area contributed by atoms with Gasteiger partial charge in [-0.25, -0.2) is 0 Å². The molecule has 1 rings (SSSR count). The molecule has 0 amide bonds. The second-order valence-electron chi connectivity index (χ2n) is 5.34. The van der Waals surface area contributed by atoms with E-state index in [1.54, 1.807) is 0 Å². The normalized spacial score (nSPS) is 19.8. The zero-order valence-electron chi connectivity index (χ0n) is 11.2. The number of nitrogens with two attached hydrogens (primary N) is 1. The van der Waals surface area contributed by atoms with Gasteiger partial charge in [-0.1, -0.05) is 19.3 Å². The van der Waals surface area contributed by atoms with Gasteiger partial charge in [0.15, 0.2) is 0 Å². The quantitative estimate of drug-likeness (QED) is 0.621. The molecule has 0 aliphatic heterocycles. The summed E-state index contributed by atoms with van der Waals surface area (Å²) >= 11 is 0. The Balaban J connectivity index is 2.24. The van der Waals surface area contributed by atoms with Crippen molar-refractivity contribution in [3.05, 3.63) is 0 Å². The van der Waals surface area contributed by atoms with Gasteiger partial charge < -0.3 is 20.5 Å². The van der Waals surface area contributed by atoms with Gasteiger partial charge in [-0.15, -0.1) is 0 Å². The first-order chi connectivity index (χ1) is 8.22. The number of ether oxygens (including phenoxy) is 1. The molecule has 3 N–H and O–H groups in total. The zero-order chi connectivity index (χ0) is 12.6. The Hall–Kier alpha value is -0.160. The fourth-order valence-corrected chi connectivity index (χ4v) is 2.77. The van der Waals surface area contributed by atoms with Crippen LogP contribution in [0.25, 0.3) is 0 Å². The minimum atomic E-state index is 0.108. The lowest BCUT2D eigenvalue weighted by atomic mass is 9.74. The van der Waals surface area contributed by atoms with Crippen LogP contribution in [-0.4, -0.2) is 56.5 Å². The molecule has 0 aromatic carbocycles. The lowest BCUT2D eigenvalue weighted by Gasteiger charge is -2.39. The van der Waals surface area contributed by atoms with E-state index in [9.17, 15) is 0 Å². The fraction of sp³-hybridized carbons (Fsp3) is 1.00. The SMILES string of the molecule is CN(CCOCCO)CC1(CN)CCCCC1. The third-order valence-electron chi connectivity index (χ3n) is 3.81. The number of likely N-dealkylation sites (N-methyl/N-ethyl adjacent to an activating group) is 1. The minimum Gasteiger partial charge on any atom is -0.394 e. The van der Waals surface area contributed by atoms with Gasteiger partial charge in [0.25, 0.3) is 0 Å². The Bertz CT molecular complexity index is 194. The predicted molar refractivity (Wildman–Crippen MR) is 70.0 cm³/mol. The van der Waals surface area contributed by atoms with E-state index < -0.39 is 0 Å². The van der Waals surface area contributed by atoms with Crippen LogP contribution in [0.5, 0.6) is 0 Å². The van der Waals surface area contributed by atoms with Crippen LogP contribution < -0.4 is 5.73 Å². The lowest BCUT2D eigenvalue weighted by Crippen LogP contribution is -2.43. The second-order valence-corrected chi connectivity index (χ2v) is 5.34. The summed E-state index contributed by atoms with van der Waals surface area (Å²) < 4.78 is 5.29. The number of hydrogen-bond acceptors (Lipinski definition) is 4. The Labute approximate surface area is 105 Å². The highest BCUT2D eigenvalue weighted by Crippen LogP contribution is 2.35. The Morgan fingerprint density at radius 2 is 1.94 bits per heavy atom. The highest BCUT2D eigenvalue weighted by Gasteiger charge is 2.31. The lowest BCUT2D eigenvalue weighted by molar-refractivity contribution is 0.0620. The Morgan fingerprint density at radius 3 is 2.53 bits per heavy atom. The molecule has 4 heteroatoms. The van der Waals surface area contributed by atoms with Crippen molar-refractivity contribution >= 4 is 0 Å². The maximum absolute atomic E-state index is 8.62. The smallest absolute Gasteiger partial charge is 0.0698 e. The van der Waals surface area contributed by atoms with Crippen LogP contribution in [0.4, 0.5) is 0 Å². The first kappa shape index (κ1) is 14.9. The molecule has 0 bridgehead atoms. The molecule has 0 unspecified atom stereocenters. The van der Waals surface area contributed by atoms with Gasteiger partial charge in [-0.05, 0) is 31.8 Å². The van der Waals surface area contributed by atoms with Crippen LogP contribution in [0.1, 0.15) is 32.1 Å². The molecule has 0 spiro atoms. The van der Waals surface area contributed by atoms with Gasteiger partial charge in [-0.3, -0.25) is 0 Å². The van der Waals surface area contributed by atoms with Crippen molar-refractivity contribution in [3.8, 4) is 0 Å². The average Bonchev–Trinajstić information content (AvgIpc) is 2.36. The van der Waals surface area contributed by atoms with E-state index in [-0.39, 0.29) is 6.61 Å². The molecule has 1 fully saturated rings. The largest absolute Gasteiger partial charge is 0.394 e. The van der Waals surface area contributed by atoms with Gasteiger partial charge in [0.2, 0.25) is 0 Å². The van der Waals surface area contributed by atoms with Crippen molar-refractivity contribution in [2.45, 2.75) is 32.1 Å². The van der Waals surface area contributed by atoms with Gasteiger partial charge in [0, 0.05) is 13.1 Å². The molecule has 0 radical (unpaired) electrons. The predicted octanol–water partition coefficient (Wildman–Crippen LogP) is 0.836. The van der Waals surface area contributed by atoms with Gasteiger partial charge in [-0.2, -0.15) is 0 Å². The fourth-order valence-electron chi connectivity index (χ4n) is 2.77. The first-order valence-electron chi connectivity index (χ1n) is 6.80. The topological polar surface area (TPSA) is 58.7 Å². The first-order valence-corrected chi connectivity index (χ1v) is 6.80. The van der Waals surface area contributed by atoms with Gasteiger partial charge >= 0.3 is 0 Å². The molecule has 0 aromatic rings. The van der Waals surface area contributed by atoms with Crippen molar-refractivity contribution in [1.82, 2.24) is 4.90 Å². The van der Waals surface area contributed by atoms with Crippen LogP contribution in [-0.2, 0) is 4.74 Å². The van der Waals surface area contributed by atoms with E-state index >= 15 is 0 Å². The number of aliphatic hydroxyl groups is 1. The van der Waals surface area contributed by atoms with Crippen LogP contribution in [0.15, 0.2) is 0 Å². The summed E-state index contributed by atoms with van der Waals surface area (Å²) in [5.41, 5.74) is 6.31. The Morgan fingerprint density at radius 1 is 1.24 bits per heavy atom. The van der Waals surface area contributed by atoms with E-state index in [0.717, 1.165) is 19.6 Å². The molecular weight excluding hydrogens is 216 g/mol. The van der Waals surface area contributed by atoms with Gasteiger partial charge in [0.1, 0.15) is 0 Å². The van der Waals surface area contributed by atoms with Crippen LogP contribution >= 0.6 is 0 Å². The number of aliphatic hydroxyl groups excluding tert-OH is 1. The maximum atomic E-state index is 8.62. The molecule has 0 aromatic heterocycles. The monoisotopic (exact) mass is 244 g/mol. The summed E-state index contributed by atoms with van der Waals surface area (Å²) in [5, 5.41) is 8.62. The van der Waals surface area contributed by atoms with Crippen molar-refractivity contribution < 1.29 is 9.84 Å². The van der Waals surface area contributed by atoms with E-state index in [4.69, 9.17) is 15.6 Å². The molecule has 102 valence electrons. The highest BCUT2D eigenvalue weighted by molar-refractivity contribution is 4.86. The molecule has 0 saturated heterocycles. The van der Waals surface area contributed by atoms with E-state index in [1.807, 2.05) is 0 Å². The molecule has 4 nitrogen and oxygen atoms in total. The number of rotatable bonds is 8. The Kier molecular flexibility index (Phi) is 7.04. The van der Waals surface area contributed by atoms with Crippen LogP contribution in [0.2, 0.25) is 0 Å². The van der Waals surface area contributed by atoms with E-state index in [2.05, 4.69) is 11.9 Å². The van der Waals surface area contributed by atoms with Crippen molar-refractivity contribution in [3.63, 3.8) is 0 Å². The number of nitrogens with zero attached hydrogens (tertiary/aromatic N) is 1. The molecule has 17 heavy (non-hydrogen) atoms. The summed E-state index contributed by atoms with van der Waals surface area (Å²) in [5.74, 6) is 0. The van der Waals surface area contributed by atoms with Crippen molar-refractivity contribution in [1.29, 1.82) is 0 Å². The summed E-state index contributed by atoms with van der Waals surface area (Å²) in [6, 6.07) is 0. The summed E-state index contributed by atoms with van der Waals surface area (Å²) in [6.45, 7) is 4.03. The molecule has 1 aliphatic carbocycles. The zero-order valence-corrected chi connectivity index (χ0v) is 11.2. The average molecular weight is 244 g/mol. The maximum Gasteiger partial charge on any atom is 0.0698 e. The van der Waals surface area contributed by atoms with Gasteiger partial charge in [0.05, 0.1) is 19.8 Å². The number of hydrogen-bond donors (Lipinski definition) is 2. The highest BCUT2D eigenvalue weighted by atomic mass is 16.5. The molecule has 1 saturated carbocycles. The molecular formula is C13H28N2O2. The molecule has 0 heterocycles. The van der Waals surface area contributed by atoms with E-state index in [0.29, 0.717) is 18.6 Å². The third-order valence-corrected chi connectivity index (χ3v) is 3.81. The van der Waals surface area contributed by atoms with E-state index in [1.165, 1.54) is 32.1 Å². The minimum absolute atomic E-state index is 0.108. The summed E-state index contributed by atoms with van der Waals surface area (Å²) in [4.78, 5) is 2.32. The third kappa shape index (κ3) is 5.34. The van der Waals surface area contributed by atoms with Crippen LogP contribution in [0.3, 0.4) is 0 Å². The van der Waals surface area contributed by atoms with Crippen molar-refractivity contribution in [2.24, 2.45) is 11.1 Å². The molecule has 0 atom stereocenters. The summed E-state index contributed by atoms with van der Waals surface area (Å²) in [7, 11) is 2.13. The second kappa shape index (κ2) is 8.03. The summed E-state index contributed by atoms with van der Waals surface area (Å²) in [6.07, 6.45) is 6.56.